The lowest BCUT2D eigenvalue weighted by Crippen LogP contribution is -2.24. The van der Waals surface area contributed by atoms with Crippen LogP contribution in [0.2, 0.25) is 5.15 Å². The van der Waals surface area contributed by atoms with Crippen LogP contribution in [0.1, 0.15) is 26.0 Å². The van der Waals surface area contributed by atoms with E-state index in [0.717, 1.165) is 11.3 Å². The summed E-state index contributed by atoms with van der Waals surface area (Å²) < 4.78 is 1.80. The molecule has 4 nitrogen and oxygen atoms in total. The van der Waals surface area contributed by atoms with Gasteiger partial charge in [-0.1, -0.05) is 31.5 Å². The van der Waals surface area contributed by atoms with Crippen LogP contribution in [0, 0.1) is 5.92 Å². The van der Waals surface area contributed by atoms with Crippen molar-refractivity contribution in [2.75, 3.05) is 0 Å². The van der Waals surface area contributed by atoms with Gasteiger partial charge in [-0.25, -0.2) is 4.98 Å². The normalized spacial score (nSPS) is 11.1. The minimum absolute atomic E-state index is 0.0492. The van der Waals surface area contributed by atoms with Crippen LogP contribution in [0.5, 0.6) is 0 Å². The van der Waals surface area contributed by atoms with Crippen molar-refractivity contribution in [3.05, 3.63) is 35.2 Å². The third-order valence-corrected chi connectivity index (χ3v) is 2.86. The molecule has 1 N–H and O–H groups in total. The zero-order chi connectivity index (χ0) is 13.1. The van der Waals surface area contributed by atoms with Crippen LogP contribution in [0.3, 0.4) is 0 Å². The van der Waals surface area contributed by atoms with E-state index >= 15 is 0 Å². The number of fused-ring (bicyclic) bond motifs is 1. The maximum Gasteiger partial charge on any atom is 0.220 e. The van der Waals surface area contributed by atoms with Crippen molar-refractivity contribution in [1.82, 2.24) is 14.7 Å². The van der Waals surface area contributed by atoms with Gasteiger partial charge in [-0.05, 0) is 18.1 Å². The second kappa shape index (κ2) is 5.40. The van der Waals surface area contributed by atoms with Crippen LogP contribution in [-0.4, -0.2) is 15.3 Å². The Hall–Kier alpha value is -1.55. The Balaban J connectivity index is 2.04. The minimum atomic E-state index is 0.0492. The summed E-state index contributed by atoms with van der Waals surface area (Å²) in [5, 5.41) is 3.46. The van der Waals surface area contributed by atoms with Crippen molar-refractivity contribution < 1.29 is 4.79 Å². The molecule has 0 fully saturated rings. The quantitative estimate of drug-likeness (QED) is 0.864. The highest BCUT2D eigenvalue weighted by Crippen LogP contribution is 2.13. The average Bonchev–Trinajstić information content (AvgIpc) is 2.70. The first-order valence-electron chi connectivity index (χ1n) is 5.95. The minimum Gasteiger partial charge on any atom is -0.350 e. The first kappa shape index (κ1) is 12.9. The van der Waals surface area contributed by atoms with E-state index in [1.54, 1.807) is 10.5 Å². The van der Waals surface area contributed by atoms with E-state index in [1.165, 1.54) is 0 Å². The molecule has 0 saturated carbocycles. The fourth-order valence-corrected chi connectivity index (χ4v) is 1.95. The molecule has 2 aromatic rings. The second-order valence-corrected chi connectivity index (χ2v) is 5.07. The fourth-order valence-electron chi connectivity index (χ4n) is 1.74. The number of nitrogens with zero attached hydrogens (tertiary/aromatic N) is 2. The van der Waals surface area contributed by atoms with Crippen LogP contribution in [-0.2, 0) is 11.3 Å². The van der Waals surface area contributed by atoms with Gasteiger partial charge in [0, 0.05) is 12.6 Å². The highest BCUT2D eigenvalue weighted by molar-refractivity contribution is 6.29. The van der Waals surface area contributed by atoms with Crippen molar-refractivity contribution >= 4 is 23.2 Å². The Morgan fingerprint density at radius 3 is 2.94 bits per heavy atom. The summed E-state index contributed by atoms with van der Waals surface area (Å²) in [6, 6.07) is 5.54. The van der Waals surface area contributed by atoms with Gasteiger partial charge in [0.2, 0.25) is 5.91 Å². The number of carbonyl (C=O) groups is 1. The first-order valence-corrected chi connectivity index (χ1v) is 6.33. The molecule has 0 aliphatic rings. The van der Waals surface area contributed by atoms with Crippen LogP contribution in [0.25, 0.3) is 5.65 Å². The van der Waals surface area contributed by atoms with E-state index in [9.17, 15) is 4.79 Å². The van der Waals surface area contributed by atoms with Gasteiger partial charge in [0.1, 0.15) is 10.8 Å². The number of hydrogen-bond donors (Lipinski definition) is 1. The van der Waals surface area contributed by atoms with Gasteiger partial charge in [-0.3, -0.25) is 9.20 Å². The molecule has 0 aromatic carbocycles. The van der Waals surface area contributed by atoms with Crippen LogP contribution < -0.4 is 5.32 Å². The van der Waals surface area contributed by atoms with Crippen LogP contribution in [0.15, 0.2) is 24.4 Å². The summed E-state index contributed by atoms with van der Waals surface area (Å²) in [5.41, 5.74) is 1.59. The lowest BCUT2D eigenvalue weighted by Gasteiger charge is -2.04. The third-order valence-electron chi connectivity index (χ3n) is 2.55. The summed E-state index contributed by atoms with van der Waals surface area (Å²) in [6.07, 6.45) is 2.38. The smallest absolute Gasteiger partial charge is 0.220 e. The van der Waals surface area contributed by atoms with Crippen molar-refractivity contribution in [1.29, 1.82) is 0 Å². The molecule has 18 heavy (non-hydrogen) atoms. The first-order chi connectivity index (χ1) is 8.56. The number of aromatic nitrogens is 2. The zero-order valence-electron chi connectivity index (χ0n) is 10.5. The second-order valence-electron chi connectivity index (χ2n) is 4.68. The number of amides is 1. The van der Waals surface area contributed by atoms with Crippen molar-refractivity contribution in [3.8, 4) is 0 Å². The number of pyridine rings is 1. The molecule has 96 valence electrons. The maximum absolute atomic E-state index is 11.5. The van der Waals surface area contributed by atoms with Gasteiger partial charge in [-0.15, -0.1) is 0 Å². The molecule has 0 bridgehead atoms. The summed E-state index contributed by atoms with van der Waals surface area (Å²) in [5.74, 6) is 0.411. The van der Waals surface area contributed by atoms with Gasteiger partial charge in [-0.2, -0.15) is 0 Å². The zero-order valence-corrected chi connectivity index (χ0v) is 11.2. The highest BCUT2D eigenvalue weighted by Gasteiger charge is 2.07. The van der Waals surface area contributed by atoms with Crippen molar-refractivity contribution in [2.45, 2.75) is 26.8 Å². The van der Waals surface area contributed by atoms with Gasteiger partial charge < -0.3 is 5.32 Å². The van der Waals surface area contributed by atoms with Crippen molar-refractivity contribution in [2.24, 2.45) is 5.92 Å². The monoisotopic (exact) mass is 265 g/mol. The molecule has 0 radical (unpaired) electrons. The van der Waals surface area contributed by atoms with E-state index in [0.29, 0.717) is 24.0 Å². The number of hydrogen-bond acceptors (Lipinski definition) is 2. The molecule has 0 atom stereocenters. The molecule has 0 unspecified atom stereocenters. The Labute approximate surface area is 111 Å². The van der Waals surface area contributed by atoms with Crippen LogP contribution in [0.4, 0.5) is 0 Å². The molecule has 2 aromatic heterocycles. The molecular formula is C13H16ClN3O. The lowest BCUT2D eigenvalue weighted by atomic mass is 10.1. The van der Waals surface area contributed by atoms with E-state index in [1.807, 2.05) is 32.2 Å². The topological polar surface area (TPSA) is 46.4 Å². The van der Waals surface area contributed by atoms with E-state index in [4.69, 9.17) is 11.6 Å². The number of nitrogens with one attached hydrogen (secondary N) is 1. The van der Waals surface area contributed by atoms with Gasteiger partial charge in [0.25, 0.3) is 0 Å². The van der Waals surface area contributed by atoms with Gasteiger partial charge in [0.15, 0.2) is 0 Å². The number of carbonyl (C=O) groups excluding carboxylic acids is 1. The van der Waals surface area contributed by atoms with Crippen LogP contribution >= 0.6 is 11.6 Å². The molecule has 0 aliphatic carbocycles. The van der Waals surface area contributed by atoms with E-state index in [2.05, 4.69) is 10.3 Å². The molecule has 2 rings (SSSR count). The summed E-state index contributed by atoms with van der Waals surface area (Å²) >= 11 is 6.04. The highest BCUT2D eigenvalue weighted by atomic mass is 35.5. The van der Waals surface area contributed by atoms with E-state index in [-0.39, 0.29) is 5.91 Å². The molecular weight excluding hydrogens is 250 g/mol. The molecule has 0 aliphatic heterocycles. The molecule has 0 spiro atoms. The third kappa shape index (κ3) is 3.01. The molecule has 5 heteroatoms. The average molecular weight is 266 g/mol. The van der Waals surface area contributed by atoms with Gasteiger partial charge >= 0.3 is 0 Å². The molecule has 2 heterocycles. The standard InChI is InChI=1S/C13H16ClN3O/c1-9(2)6-13(18)15-7-10-8-17-11(14)4-3-5-12(17)16-10/h3-5,8-9H,6-7H2,1-2H3,(H,15,18). The Bertz CT molecular complexity index is 562. The SMILES string of the molecule is CC(C)CC(=O)NCc1cn2c(Cl)cccc2n1. The Morgan fingerprint density at radius 1 is 1.50 bits per heavy atom. The number of imidazole rings is 1. The largest absolute Gasteiger partial charge is 0.350 e. The predicted molar refractivity (Wildman–Crippen MR) is 71.5 cm³/mol. The lowest BCUT2D eigenvalue weighted by molar-refractivity contribution is -0.121. The summed E-state index contributed by atoms with van der Waals surface area (Å²) in [4.78, 5) is 15.9. The predicted octanol–water partition coefficient (Wildman–Crippen LogP) is 2.65. The molecule has 0 saturated heterocycles. The van der Waals surface area contributed by atoms with Crippen molar-refractivity contribution in [3.63, 3.8) is 0 Å². The Kier molecular flexibility index (Phi) is 3.87. The fraction of sp³-hybridized carbons (Fsp3) is 0.385. The molecule has 1 amide bonds. The number of rotatable bonds is 4. The summed E-state index contributed by atoms with van der Waals surface area (Å²) in [6.45, 7) is 4.47. The summed E-state index contributed by atoms with van der Waals surface area (Å²) in [7, 11) is 0. The Morgan fingerprint density at radius 2 is 2.28 bits per heavy atom. The number of halogens is 1. The van der Waals surface area contributed by atoms with Gasteiger partial charge in [0.05, 0.1) is 12.2 Å². The maximum atomic E-state index is 11.5. The van der Waals surface area contributed by atoms with E-state index < -0.39 is 0 Å².